The lowest BCUT2D eigenvalue weighted by Gasteiger charge is -2.14. The number of anilines is 1. The Hall–Kier alpha value is -2.36. The lowest BCUT2D eigenvalue weighted by atomic mass is 9.96. The molecule has 0 saturated carbocycles. The van der Waals surface area contributed by atoms with Crippen LogP contribution >= 0.6 is 11.3 Å². The summed E-state index contributed by atoms with van der Waals surface area (Å²) in [7, 11) is 2.06. The van der Waals surface area contributed by atoms with Crippen LogP contribution < -0.4 is 15.0 Å². The normalized spacial score (nSPS) is 14.1. The molecule has 142 valence electrons. The van der Waals surface area contributed by atoms with Crippen LogP contribution in [0.4, 0.5) is 5.00 Å². The minimum absolute atomic E-state index is 0.0200. The molecule has 1 aromatic carbocycles. The number of nitriles is 1. The van der Waals surface area contributed by atoms with Gasteiger partial charge in [0.25, 0.3) is 0 Å². The fraction of sp³-hybridized carbons (Fsp3) is 0.429. The van der Waals surface area contributed by atoms with Crippen molar-refractivity contribution in [2.24, 2.45) is 0 Å². The number of para-hydroxylation sites is 1. The van der Waals surface area contributed by atoms with Gasteiger partial charge < -0.3 is 15.0 Å². The Morgan fingerprint density at radius 1 is 1.26 bits per heavy atom. The van der Waals surface area contributed by atoms with E-state index < -0.39 is 0 Å². The molecule has 1 heterocycles. The number of rotatable bonds is 8. The Morgan fingerprint density at radius 3 is 2.81 bits per heavy atom. The van der Waals surface area contributed by atoms with Gasteiger partial charge in [-0.1, -0.05) is 18.2 Å². The third kappa shape index (κ3) is 5.31. The van der Waals surface area contributed by atoms with Crippen LogP contribution in [0.2, 0.25) is 0 Å². The highest BCUT2D eigenvalue weighted by Crippen LogP contribution is 2.37. The number of hydrogen-bond acceptors (Lipinski definition) is 4. The molecule has 0 radical (unpaired) electrons. The maximum absolute atomic E-state index is 12.3. The molecule has 0 fully saturated rings. The second-order valence-corrected chi connectivity index (χ2v) is 8.05. The molecule has 1 atom stereocenters. The lowest BCUT2D eigenvalue weighted by Crippen LogP contribution is -3.09. The molecule has 0 saturated heterocycles. The number of aryl methyl sites for hydroxylation is 1. The van der Waals surface area contributed by atoms with E-state index in [0.717, 1.165) is 48.7 Å². The van der Waals surface area contributed by atoms with Crippen molar-refractivity contribution in [2.75, 3.05) is 32.1 Å². The van der Waals surface area contributed by atoms with Crippen molar-refractivity contribution in [2.45, 2.75) is 32.1 Å². The average molecular weight is 385 g/mol. The van der Waals surface area contributed by atoms with E-state index in [1.165, 1.54) is 16.2 Å². The van der Waals surface area contributed by atoms with Gasteiger partial charge in [-0.3, -0.25) is 4.79 Å². The average Bonchev–Trinajstić information content (AvgIpc) is 3.04. The minimum Gasteiger partial charge on any atom is -0.488 e. The van der Waals surface area contributed by atoms with E-state index in [4.69, 9.17) is 4.74 Å². The summed E-state index contributed by atoms with van der Waals surface area (Å²) in [5.41, 5.74) is 1.84. The number of benzene rings is 1. The fourth-order valence-corrected chi connectivity index (χ4v) is 4.53. The standard InChI is InChI=1S/C21H25N3O2S/c1-24(13-14-26-16-7-3-2-4-8-16)12-11-20(25)23-21-18(15-22)17-9-5-6-10-19(17)27-21/h2-4,7-8H,5-6,9-14H2,1H3,(H,23,25)/p+1. The predicted molar refractivity (Wildman–Crippen MR) is 107 cm³/mol. The Bertz CT molecular complexity index is 811. The molecule has 2 aromatic rings. The minimum atomic E-state index is -0.0200. The van der Waals surface area contributed by atoms with Crippen molar-refractivity contribution in [3.05, 3.63) is 46.3 Å². The number of likely N-dealkylation sites (N-methyl/N-ethyl adjacent to an activating group) is 1. The van der Waals surface area contributed by atoms with E-state index in [0.29, 0.717) is 18.6 Å². The molecule has 1 aliphatic rings. The van der Waals surface area contributed by atoms with Gasteiger partial charge in [-0.05, 0) is 43.4 Å². The molecular formula is C21H26N3O2S+. The molecule has 27 heavy (non-hydrogen) atoms. The van der Waals surface area contributed by atoms with Crippen LogP contribution in [0.3, 0.4) is 0 Å². The van der Waals surface area contributed by atoms with Crippen LogP contribution in [0.5, 0.6) is 5.75 Å². The van der Waals surface area contributed by atoms with E-state index in [1.54, 1.807) is 11.3 Å². The van der Waals surface area contributed by atoms with Gasteiger partial charge >= 0.3 is 0 Å². The highest BCUT2D eigenvalue weighted by atomic mass is 32.1. The van der Waals surface area contributed by atoms with Crippen LogP contribution in [0, 0.1) is 11.3 Å². The Morgan fingerprint density at radius 2 is 2.04 bits per heavy atom. The Labute approximate surface area is 164 Å². The first-order chi connectivity index (χ1) is 13.2. The van der Waals surface area contributed by atoms with Gasteiger partial charge in [0.1, 0.15) is 30.0 Å². The zero-order chi connectivity index (χ0) is 19.1. The maximum Gasteiger partial charge on any atom is 0.230 e. The number of fused-ring (bicyclic) bond motifs is 1. The monoisotopic (exact) mass is 384 g/mol. The van der Waals surface area contributed by atoms with E-state index in [9.17, 15) is 10.1 Å². The topological polar surface area (TPSA) is 66.6 Å². The summed E-state index contributed by atoms with van der Waals surface area (Å²) in [6.07, 6.45) is 4.72. The van der Waals surface area contributed by atoms with Gasteiger partial charge in [0.15, 0.2) is 0 Å². The number of quaternary nitrogens is 1. The van der Waals surface area contributed by atoms with Gasteiger partial charge in [-0.15, -0.1) is 11.3 Å². The second kappa shape index (κ2) is 9.54. The van der Waals surface area contributed by atoms with Crippen molar-refractivity contribution < 1.29 is 14.4 Å². The van der Waals surface area contributed by atoms with Crippen molar-refractivity contribution in [1.29, 1.82) is 5.26 Å². The molecule has 1 aliphatic carbocycles. The van der Waals surface area contributed by atoms with E-state index >= 15 is 0 Å². The van der Waals surface area contributed by atoms with Crippen molar-refractivity contribution in [3.63, 3.8) is 0 Å². The largest absolute Gasteiger partial charge is 0.488 e. The van der Waals surface area contributed by atoms with Gasteiger partial charge in [-0.25, -0.2) is 0 Å². The molecular weight excluding hydrogens is 358 g/mol. The first-order valence-electron chi connectivity index (χ1n) is 9.51. The highest BCUT2D eigenvalue weighted by Gasteiger charge is 2.21. The summed E-state index contributed by atoms with van der Waals surface area (Å²) in [5.74, 6) is 0.849. The number of hydrogen-bond donors (Lipinski definition) is 2. The second-order valence-electron chi connectivity index (χ2n) is 6.94. The third-order valence-corrected chi connectivity index (χ3v) is 6.06. The molecule has 1 aromatic heterocycles. The van der Waals surface area contributed by atoms with Gasteiger partial charge in [0.2, 0.25) is 5.91 Å². The van der Waals surface area contributed by atoms with Crippen molar-refractivity contribution in [3.8, 4) is 11.8 Å². The van der Waals surface area contributed by atoms with E-state index in [1.807, 2.05) is 30.3 Å². The number of carbonyl (C=O) groups is 1. The van der Waals surface area contributed by atoms with Gasteiger partial charge in [0.05, 0.1) is 25.6 Å². The molecule has 6 heteroatoms. The van der Waals surface area contributed by atoms with Gasteiger partial charge in [0, 0.05) is 4.88 Å². The fourth-order valence-electron chi connectivity index (χ4n) is 3.27. The number of thiophene rings is 1. The Kier molecular flexibility index (Phi) is 6.86. The Balaban J connectivity index is 1.43. The van der Waals surface area contributed by atoms with Crippen molar-refractivity contribution in [1.82, 2.24) is 0 Å². The summed E-state index contributed by atoms with van der Waals surface area (Å²) < 4.78 is 5.70. The number of nitrogens with one attached hydrogen (secondary N) is 2. The number of amides is 1. The molecule has 3 rings (SSSR count). The molecule has 0 bridgehead atoms. The summed E-state index contributed by atoms with van der Waals surface area (Å²) in [6.45, 7) is 2.18. The quantitative estimate of drug-likeness (QED) is 0.735. The molecule has 0 aliphatic heterocycles. The summed E-state index contributed by atoms with van der Waals surface area (Å²) in [6, 6.07) is 12.0. The zero-order valence-electron chi connectivity index (χ0n) is 15.7. The third-order valence-electron chi connectivity index (χ3n) is 4.86. The number of carbonyl (C=O) groups excluding carboxylic acids is 1. The number of ether oxygens (including phenoxy) is 1. The van der Waals surface area contributed by atoms with Crippen LogP contribution in [-0.4, -0.2) is 32.7 Å². The maximum atomic E-state index is 12.3. The van der Waals surface area contributed by atoms with Crippen LogP contribution in [0.15, 0.2) is 30.3 Å². The first-order valence-corrected chi connectivity index (χ1v) is 10.3. The predicted octanol–water partition coefficient (Wildman–Crippen LogP) is 2.42. The number of nitrogens with zero attached hydrogens (tertiary/aromatic N) is 1. The summed E-state index contributed by atoms with van der Waals surface area (Å²) >= 11 is 1.58. The zero-order valence-corrected chi connectivity index (χ0v) is 16.5. The SMILES string of the molecule is C[NH+](CCOc1ccccc1)CCC(=O)Nc1sc2c(c1C#N)CCCC2. The molecule has 1 unspecified atom stereocenters. The van der Waals surface area contributed by atoms with E-state index in [-0.39, 0.29) is 5.91 Å². The first kappa shape index (κ1) is 19.4. The summed E-state index contributed by atoms with van der Waals surface area (Å²) in [5, 5.41) is 13.2. The molecule has 2 N–H and O–H groups in total. The summed E-state index contributed by atoms with van der Waals surface area (Å²) in [4.78, 5) is 14.8. The smallest absolute Gasteiger partial charge is 0.230 e. The van der Waals surface area contributed by atoms with Gasteiger partial charge in [-0.2, -0.15) is 5.26 Å². The molecule has 5 nitrogen and oxygen atoms in total. The van der Waals surface area contributed by atoms with E-state index in [2.05, 4.69) is 18.4 Å². The molecule has 0 spiro atoms. The van der Waals surface area contributed by atoms with Crippen LogP contribution in [-0.2, 0) is 17.6 Å². The van der Waals surface area contributed by atoms with Crippen LogP contribution in [0.1, 0.15) is 35.3 Å². The van der Waals surface area contributed by atoms with Crippen molar-refractivity contribution >= 4 is 22.2 Å². The molecule has 1 amide bonds. The highest BCUT2D eigenvalue weighted by molar-refractivity contribution is 7.16. The van der Waals surface area contributed by atoms with Crippen LogP contribution in [0.25, 0.3) is 0 Å². The lowest BCUT2D eigenvalue weighted by molar-refractivity contribution is -0.878.